The van der Waals surface area contributed by atoms with E-state index in [1.807, 2.05) is 6.92 Å². The smallest absolute Gasteiger partial charge is 0.414 e. The van der Waals surface area contributed by atoms with Crippen LogP contribution in [-0.4, -0.2) is 16.6 Å². The number of rotatable bonds is 0. The molecule has 0 bridgehead atoms. The summed E-state index contributed by atoms with van der Waals surface area (Å²) >= 11 is 1.56. The van der Waals surface area contributed by atoms with Crippen LogP contribution in [0.2, 0.25) is 0 Å². The van der Waals surface area contributed by atoms with Gasteiger partial charge in [-0.15, -0.1) is 0 Å². The van der Waals surface area contributed by atoms with Gasteiger partial charge in [-0.2, -0.15) is 0 Å². The number of allylic oxidation sites excluding steroid dienone is 1. The van der Waals surface area contributed by atoms with E-state index in [1.165, 1.54) is 0 Å². The minimum absolute atomic E-state index is 0.0440. The highest BCUT2D eigenvalue weighted by Crippen LogP contribution is 2.39. The molecule has 9 heavy (non-hydrogen) atoms. The fourth-order valence-corrected chi connectivity index (χ4v) is 1.70. The molecule has 0 aromatic rings. The van der Waals surface area contributed by atoms with Gasteiger partial charge in [-0.1, -0.05) is 11.8 Å². The van der Waals surface area contributed by atoms with Crippen LogP contribution in [0.1, 0.15) is 6.92 Å². The van der Waals surface area contributed by atoms with Crippen LogP contribution < -0.4 is 0 Å². The number of amides is 1. The molecule has 0 aliphatic carbocycles. The summed E-state index contributed by atoms with van der Waals surface area (Å²) < 4.78 is 4.73. The van der Waals surface area contributed by atoms with Crippen LogP contribution in [0.25, 0.3) is 0 Å². The molecular formula is C5H5NO2S. The minimum atomic E-state index is -0.232. The Kier molecular flexibility index (Phi) is 0.829. The second kappa shape index (κ2) is 1.44. The van der Waals surface area contributed by atoms with Gasteiger partial charge in [-0.3, -0.25) is 0 Å². The second-order valence-electron chi connectivity index (χ2n) is 1.96. The lowest BCUT2D eigenvalue weighted by molar-refractivity contribution is -0.0139. The quantitative estimate of drug-likeness (QED) is 0.512. The summed E-state index contributed by atoms with van der Waals surface area (Å²) in [6, 6.07) is 0. The maximum absolute atomic E-state index is 10.5. The summed E-state index contributed by atoms with van der Waals surface area (Å²) in [6.07, 6.45) is 1.57. The molecule has 1 saturated heterocycles. The van der Waals surface area contributed by atoms with Crippen LogP contribution in [0.3, 0.4) is 0 Å². The second-order valence-corrected chi connectivity index (χ2v) is 3.24. The largest absolute Gasteiger partial charge is 0.420 e. The predicted molar refractivity (Wildman–Crippen MR) is 33.5 cm³/mol. The lowest BCUT2D eigenvalue weighted by Crippen LogP contribution is -2.46. The topological polar surface area (TPSA) is 29.5 Å². The zero-order valence-electron chi connectivity index (χ0n) is 4.83. The fraction of sp³-hybridized carbons (Fsp3) is 0.400. The molecule has 2 rings (SSSR count). The number of thioether (sulfide) groups is 1. The number of hydrogen-bond acceptors (Lipinski definition) is 3. The van der Waals surface area contributed by atoms with Gasteiger partial charge in [0.05, 0.1) is 0 Å². The van der Waals surface area contributed by atoms with E-state index in [0.717, 1.165) is 4.91 Å². The van der Waals surface area contributed by atoms with Crippen molar-refractivity contribution in [1.82, 2.24) is 4.90 Å². The third kappa shape index (κ3) is 0.564. The third-order valence-electron chi connectivity index (χ3n) is 1.25. The standard InChI is InChI=1S/C5H5NO2S/c1-3-2-6-4(7)8-5(6)9-3/h2,5H,1H3/t5-/m0/s1. The molecule has 0 saturated carbocycles. The average Bonchev–Trinajstić information content (AvgIpc) is 2.08. The van der Waals surface area contributed by atoms with Crippen LogP contribution in [0.15, 0.2) is 11.1 Å². The van der Waals surface area contributed by atoms with Gasteiger partial charge in [0.15, 0.2) is 0 Å². The predicted octanol–water partition coefficient (Wildman–Crippen LogP) is 1.33. The van der Waals surface area contributed by atoms with Crippen molar-refractivity contribution in [1.29, 1.82) is 0 Å². The van der Waals surface area contributed by atoms with Crippen molar-refractivity contribution in [3.63, 3.8) is 0 Å². The minimum Gasteiger partial charge on any atom is -0.414 e. The summed E-state index contributed by atoms with van der Waals surface area (Å²) in [5, 5.41) is 0. The Morgan fingerprint density at radius 2 is 2.67 bits per heavy atom. The molecule has 0 unspecified atom stereocenters. The van der Waals surface area contributed by atoms with Crippen LogP contribution in [0.5, 0.6) is 0 Å². The molecule has 0 radical (unpaired) electrons. The molecule has 0 aromatic carbocycles. The number of carbonyl (C=O) groups excluding carboxylic acids is 1. The summed E-state index contributed by atoms with van der Waals surface area (Å²) in [6.45, 7) is 1.96. The van der Waals surface area contributed by atoms with Gasteiger partial charge in [0.25, 0.3) is 0 Å². The number of ether oxygens (including phenoxy) is 1. The highest BCUT2D eigenvalue weighted by atomic mass is 32.2. The first-order chi connectivity index (χ1) is 4.27. The highest BCUT2D eigenvalue weighted by molar-refractivity contribution is 8.03. The van der Waals surface area contributed by atoms with Gasteiger partial charge < -0.3 is 4.74 Å². The van der Waals surface area contributed by atoms with Gasteiger partial charge in [0, 0.05) is 11.1 Å². The van der Waals surface area contributed by atoms with Crippen LogP contribution in [-0.2, 0) is 4.74 Å². The first-order valence-corrected chi connectivity index (χ1v) is 3.49. The molecule has 0 N–H and O–H groups in total. The third-order valence-corrected chi connectivity index (χ3v) is 2.25. The summed E-state index contributed by atoms with van der Waals surface area (Å²) in [4.78, 5) is 13.2. The molecule has 0 spiro atoms. The molecule has 2 aliphatic heterocycles. The van der Waals surface area contributed by atoms with E-state index in [2.05, 4.69) is 0 Å². The Hall–Kier alpha value is -0.640. The Morgan fingerprint density at radius 3 is 3.11 bits per heavy atom. The fourth-order valence-electron chi connectivity index (χ4n) is 0.821. The van der Waals surface area contributed by atoms with Crippen molar-refractivity contribution in [2.24, 2.45) is 0 Å². The van der Waals surface area contributed by atoms with Crippen LogP contribution in [0, 0.1) is 0 Å². The van der Waals surface area contributed by atoms with Crippen molar-refractivity contribution >= 4 is 17.9 Å². The van der Waals surface area contributed by atoms with Gasteiger partial charge in [-0.05, 0) is 6.92 Å². The van der Waals surface area contributed by atoms with Gasteiger partial charge in [0.2, 0.25) is 5.56 Å². The van der Waals surface area contributed by atoms with Crippen molar-refractivity contribution in [3.8, 4) is 0 Å². The van der Waals surface area contributed by atoms with E-state index in [4.69, 9.17) is 4.74 Å². The van der Waals surface area contributed by atoms with E-state index in [0.29, 0.717) is 0 Å². The molecule has 2 heterocycles. The molecule has 2 aliphatic rings. The van der Waals surface area contributed by atoms with E-state index in [9.17, 15) is 4.79 Å². The molecule has 1 atom stereocenters. The highest BCUT2D eigenvalue weighted by Gasteiger charge is 2.41. The van der Waals surface area contributed by atoms with Crippen molar-refractivity contribution in [3.05, 3.63) is 11.1 Å². The molecule has 1 fully saturated rings. The molecule has 3 nitrogen and oxygen atoms in total. The zero-order valence-corrected chi connectivity index (χ0v) is 5.64. The number of carbonyl (C=O) groups is 1. The van der Waals surface area contributed by atoms with E-state index in [-0.39, 0.29) is 11.7 Å². The zero-order chi connectivity index (χ0) is 6.43. The monoisotopic (exact) mass is 143 g/mol. The lowest BCUT2D eigenvalue weighted by Gasteiger charge is -2.31. The number of hydrogen-bond donors (Lipinski definition) is 0. The SMILES string of the molecule is CC1=CN2C(=O)O[C@H]2S1. The van der Waals surface area contributed by atoms with E-state index >= 15 is 0 Å². The molecule has 0 aromatic heterocycles. The maximum Gasteiger partial charge on any atom is 0.420 e. The van der Waals surface area contributed by atoms with Crippen molar-refractivity contribution in [2.45, 2.75) is 12.5 Å². The Bertz CT molecular complexity index is 201. The Labute approximate surface area is 56.7 Å². The molecule has 48 valence electrons. The van der Waals surface area contributed by atoms with Crippen LogP contribution >= 0.6 is 11.8 Å². The first kappa shape index (κ1) is 5.17. The van der Waals surface area contributed by atoms with Gasteiger partial charge >= 0.3 is 6.09 Å². The summed E-state index contributed by atoms with van der Waals surface area (Å²) in [5.74, 6) is 0. The van der Waals surface area contributed by atoms with Gasteiger partial charge in [-0.25, -0.2) is 9.69 Å². The molecular weight excluding hydrogens is 138 g/mol. The Morgan fingerprint density at radius 1 is 1.89 bits per heavy atom. The maximum atomic E-state index is 10.5. The van der Waals surface area contributed by atoms with Crippen molar-refractivity contribution < 1.29 is 9.53 Å². The van der Waals surface area contributed by atoms with Crippen molar-refractivity contribution in [2.75, 3.05) is 0 Å². The normalized spacial score (nSPS) is 30.8. The molecule has 4 heteroatoms. The summed E-state index contributed by atoms with van der Waals surface area (Å²) in [7, 11) is 0. The number of fused-ring (bicyclic) bond motifs is 1. The van der Waals surface area contributed by atoms with E-state index < -0.39 is 0 Å². The Balaban J connectivity index is 2.21. The molecule has 1 amide bonds. The average molecular weight is 143 g/mol. The van der Waals surface area contributed by atoms with Crippen LogP contribution in [0.4, 0.5) is 4.79 Å². The number of nitrogens with zero attached hydrogens (tertiary/aromatic N) is 1. The first-order valence-electron chi connectivity index (χ1n) is 2.61. The lowest BCUT2D eigenvalue weighted by atomic mass is 10.6. The van der Waals surface area contributed by atoms with E-state index in [1.54, 1.807) is 22.9 Å². The summed E-state index contributed by atoms with van der Waals surface area (Å²) in [5.41, 5.74) is -0.0440. The van der Waals surface area contributed by atoms with Gasteiger partial charge in [0.1, 0.15) is 0 Å².